The summed E-state index contributed by atoms with van der Waals surface area (Å²) in [6, 6.07) is 10.9. The third-order valence-electron chi connectivity index (χ3n) is 3.62. The zero-order valence-electron chi connectivity index (χ0n) is 15.6. The standard InChI is InChI=1S/C8H6Cl2N2.C8H6ClN5.CH4.N3.Na/c9-4-8-6-3-5(10)1-2-7(6)11-12-8;9-5-1-2-7-6(3-5)8(13-12-7)4-11-14-10;;1-3-2;/h1-3H,4H2,(H,11,12);1-3H,4H2,(H,12,13);1H4;;/q;;;-1;+1. The van der Waals surface area contributed by atoms with Gasteiger partial charge in [-0.2, -0.15) is 10.2 Å². The zero-order valence-corrected chi connectivity index (χ0v) is 19.9. The number of aromatic nitrogens is 4. The number of hydrogen-bond donors (Lipinski definition) is 2. The molecule has 0 bridgehead atoms. The van der Waals surface area contributed by atoms with Crippen LogP contribution < -0.4 is 29.6 Å². The Bertz CT molecular complexity index is 1190. The summed E-state index contributed by atoms with van der Waals surface area (Å²) in [6.45, 7) is 0.257. The zero-order chi connectivity index (χ0) is 21.2. The van der Waals surface area contributed by atoms with Crippen molar-refractivity contribution in [3.05, 3.63) is 84.2 Å². The number of azide groups is 1. The van der Waals surface area contributed by atoms with Crippen molar-refractivity contribution < 1.29 is 29.6 Å². The van der Waals surface area contributed by atoms with E-state index in [1.165, 1.54) is 4.91 Å². The number of benzene rings is 2. The van der Waals surface area contributed by atoms with Gasteiger partial charge in [-0.25, -0.2) is 0 Å². The fourth-order valence-electron chi connectivity index (χ4n) is 2.40. The third kappa shape index (κ3) is 8.14. The Morgan fingerprint density at radius 3 is 1.77 bits per heavy atom. The molecule has 156 valence electrons. The van der Waals surface area contributed by atoms with Gasteiger partial charge in [-0.1, -0.05) is 35.7 Å². The maximum absolute atomic E-state index is 8.19. The summed E-state index contributed by atoms with van der Waals surface area (Å²) in [6.07, 6.45) is 0. The topological polar surface area (TPSA) is 165 Å². The molecule has 0 saturated heterocycles. The number of H-pyrrole nitrogens is 2. The summed E-state index contributed by atoms with van der Waals surface area (Å²) in [5.74, 6) is 0.427. The Balaban J connectivity index is 0.000000491. The first-order valence-corrected chi connectivity index (χ1v) is 9.13. The molecule has 0 aliphatic carbocycles. The Kier molecular flexibility index (Phi) is 13.8. The molecule has 0 aliphatic heterocycles. The molecule has 2 aromatic carbocycles. The van der Waals surface area contributed by atoms with Crippen LogP contribution in [0.5, 0.6) is 0 Å². The van der Waals surface area contributed by atoms with E-state index < -0.39 is 0 Å². The van der Waals surface area contributed by atoms with Crippen LogP contribution in [-0.2, 0) is 12.4 Å². The van der Waals surface area contributed by atoms with Crippen molar-refractivity contribution in [2.75, 3.05) is 0 Å². The first kappa shape index (κ1) is 28.9. The number of halogens is 3. The minimum atomic E-state index is 0. The van der Waals surface area contributed by atoms with Gasteiger partial charge in [0.1, 0.15) is 0 Å². The Labute approximate surface area is 214 Å². The van der Waals surface area contributed by atoms with E-state index in [9.17, 15) is 0 Å². The van der Waals surface area contributed by atoms with Crippen LogP contribution >= 0.6 is 34.8 Å². The number of nitrogens with zero attached hydrogens (tertiary/aromatic N) is 8. The molecule has 2 aromatic heterocycles. The summed E-state index contributed by atoms with van der Waals surface area (Å²) in [7, 11) is 0. The van der Waals surface area contributed by atoms with Crippen molar-refractivity contribution in [1.29, 1.82) is 0 Å². The SMILES string of the molecule is C.ClCc1[nH]nc2ccc(Cl)cc12.[N-]=[N+]=NCc1[nH]nc2ccc(Cl)cc12.[N-]=[N+]=[N-].[Na+]. The van der Waals surface area contributed by atoms with E-state index in [4.69, 9.17) is 51.4 Å². The molecule has 0 unspecified atom stereocenters. The second-order valence-corrected chi connectivity index (χ2v) is 6.48. The van der Waals surface area contributed by atoms with Crippen LogP contribution in [0.2, 0.25) is 10.0 Å². The predicted molar refractivity (Wildman–Crippen MR) is 121 cm³/mol. The van der Waals surface area contributed by atoms with Crippen LogP contribution in [0.3, 0.4) is 0 Å². The maximum Gasteiger partial charge on any atom is 1.00 e. The van der Waals surface area contributed by atoms with E-state index in [2.05, 4.69) is 30.4 Å². The van der Waals surface area contributed by atoms with Gasteiger partial charge >= 0.3 is 29.6 Å². The van der Waals surface area contributed by atoms with Gasteiger partial charge in [0.05, 0.1) is 29.2 Å². The number of rotatable bonds is 3. The van der Waals surface area contributed by atoms with Crippen molar-refractivity contribution in [1.82, 2.24) is 20.4 Å². The van der Waals surface area contributed by atoms with Gasteiger partial charge < -0.3 is 11.1 Å². The molecule has 10 nitrogen and oxygen atoms in total. The van der Waals surface area contributed by atoms with Gasteiger partial charge in [0.2, 0.25) is 0 Å². The van der Waals surface area contributed by atoms with Crippen LogP contribution in [0.15, 0.2) is 41.5 Å². The normalized spacial score (nSPS) is 9.00. The van der Waals surface area contributed by atoms with Gasteiger partial charge in [0.15, 0.2) is 0 Å². The number of aromatic amines is 2. The molecule has 0 fully saturated rings. The molecule has 0 saturated carbocycles. The Morgan fingerprint density at radius 2 is 1.32 bits per heavy atom. The van der Waals surface area contributed by atoms with Gasteiger partial charge in [-0.15, -0.1) is 11.6 Å². The fourth-order valence-corrected chi connectivity index (χ4v) is 2.94. The summed E-state index contributed by atoms with van der Waals surface area (Å²) < 4.78 is 0. The minimum absolute atomic E-state index is 0. The summed E-state index contributed by atoms with van der Waals surface area (Å²) in [5.41, 5.74) is 25.1. The van der Waals surface area contributed by atoms with E-state index in [0.717, 1.165) is 33.2 Å². The molecule has 14 heteroatoms. The Hall–Kier alpha value is -2.13. The number of hydrogen-bond acceptors (Lipinski definition) is 3. The summed E-state index contributed by atoms with van der Waals surface area (Å²) in [4.78, 5) is 4.18. The van der Waals surface area contributed by atoms with Crippen LogP contribution in [0.1, 0.15) is 18.8 Å². The number of nitrogens with one attached hydrogen (secondary N) is 2. The monoisotopic (exact) mass is 488 g/mol. The van der Waals surface area contributed by atoms with Crippen molar-refractivity contribution in [3.63, 3.8) is 0 Å². The molecule has 0 amide bonds. The molecule has 0 spiro atoms. The van der Waals surface area contributed by atoms with Gasteiger partial charge in [0.25, 0.3) is 0 Å². The third-order valence-corrected chi connectivity index (χ3v) is 4.35. The number of alkyl halides is 1. The molecule has 4 rings (SSSR count). The molecule has 4 aromatic rings. The van der Waals surface area contributed by atoms with E-state index in [1.807, 2.05) is 24.3 Å². The Morgan fingerprint density at radius 1 is 0.871 bits per heavy atom. The molecule has 0 aliphatic rings. The maximum atomic E-state index is 8.19. The van der Waals surface area contributed by atoms with E-state index in [-0.39, 0.29) is 43.5 Å². The van der Waals surface area contributed by atoms with E-state index in [0.29, 0.717) is 15.9 Å². The molecule has 2 N–H and O–H groups in total. The quantitative estimate of drug-likeness (QED) is 0.142. The summed E-state index contributed by atoms with van der Waals surface area (Å²) >= 11 is 17.3. The van der Waals surface area contributed by atoms with Crippen LogP contribution in [0.25, 0.3) is 48.2 Å². The van der Waals surface area contributed by atoms with Crippen molar-refractivity contribution in [2.24, 2.45) is 5.11 Å². The van der Waals surface area contributed by atoms with Gasteiger partial charge in [-0.3, -0.25) is 15.1 Å². The number of fused-ring (bicyclic) bond motifs is 2. The second kappa shape index (κ2) is 14.8. The average molecular weight is 490 g/mol. The summed E-state index contributed by atoms with van der Waals surface area (Å²) in [5, 5.41) is 20.5. The van der Waals surface area contributed by atoms with Crippen molar-refractivity contribution >= 4 is 56.6 Å². The fraction of sp³-hybridized carbons (Fsp3) is 0.176. The smallest absolute Gasteiger partial charge is 0.373 e. The van der Waals surface area contributed by atoms with Crippen LogP contribution in [0, 0.1) is 0 Å². The molecule has 0 atom stereocenters. The van der Waals surface area contributed by atoms with E-state index in [1.54, 1.807) is 12.1 Å². The van der Waals surface area contributed by atoms with E-state index >= 15 is 0 Å². The van der Waals surface area contributed by atoms with Gasteiger partial charge in [-0.05, 0) is 41.9 Å². The van der Waals surface area contributed by atoms with Gasteiger partial charge in [0, 0.05) is 31.4 Å². The molecule has 0 radical (unpaired) electrons. The van der Waals surface area contributed by atoms with Crippen LogP contribution in [-0.4, -0.2) is 20.4 Å². The van der Waals surface area contributed by atoms with Crippen molar-refractivity contribution in [2.45, 2.75) is 19.9 Å². The first-order valence-electron chi connectivity index (χ1n) is 7.84. The second-order valence-electron chi connectivity index (χ2n) is 5.34. The molecule has 31 heavy (non-hydrogen) atoms. The molecule has 2 heterocycles. The average Bonchev–Trinajstić information content (AvgIpc) is 3.30. The first-order chi connectivity index (χ1) is 14.0. The molecular weight excluding hydrogens is 474 g/mol. The predicted octanol–water partition coefficient (Wildman–Crippen LogP) is 4.49. The molecular formula is C17H16Cl3N10Na. The van der Waals surface area contributed by atoms with Crippen LogP contribution in [0.4, 0.5) is 0 Å². The minimum Gasteiger partial charge on any atom is -0.373 e. The van der Waals surface area contributed by atoms with Crippen molar-refractivity contribution in [3.8, 4) is 0 Å². The largest absolute Gasteiger partial charge is 1.00 e.